The van der Waals surface area contributed by atoms with Gasteiger partial charge in [0.2, 0.25) is 0 Å². The predicted octanol–water partition coefficient (Wildman–Crippen LogP) is 1.89. The number of aromatic nitrogens is 2. The van der Waals surface area contributed by atoms with Gasteiger partial charge in [-0.05, 0) is 25.0 Å². The van der Waals surface area contributed by atoms with Crippen LogP contribution in [0.5, 0.6) is 0 Å². The number of rotatable bonds is 4. The maximum atomic E-state index is 12.2. The minimum Gasteiger partial charge on any atom is -0.478 e. The van der Waals surface area contributed by atoms with Crippen LogP contribution in [0.4, 0.5) is 5.69 Å². The molecule has 0 radical (unpaired) electrons. The molecule has 1 aromatic heterocycles. The molecule has 0 atom stereocenters. The van der Waals surface area contributed by atoms with Crippen molar-refractivity contribution in [2.45, 2.75) is 19.4 Å². The predicted molar refractivity (Wildman–Crippen MR) is 89.7 cm³/mol. The highest BCUT2D eigenvalue weighted by molar-refractivity contribution is 5.94. The maximum Gasteiger partial charge on any atom is 0.342 e. The largest absolute Gasteiger partial charge is 0.478 e. The average Bonchev–Trinajstić information content (AvgIpc) is 2.60. The summed E-state index contributed by atoms with van der Waals surface area (Å²) in [5.74, 6) is -1.97. The number of carbonyl (C=O) groups is 2. The van der Waals surface area contributed by atoms with Gasteiger partial charge in [0.1, 0.15) is 11.4 Å². The monoisotopic (exact) mass is 341 g/mol. The number of aromatic carboxylic acids is 2. The van der Waals surface area contributed by atoms with Gasteiger partial charge in [0.05, 0.1) is 11.3 Å². The number of allylic oxidation sites excluding steroid dienone is 1. The second-order valence-corrected chi connectivity index (χ2v) is 5.53. The fourth-order valence-corrected chi connectivity index (χ4v) is 2.74. The summed E-state index contributed by atoms with van der Waals surface area (Å²) in [7, 11) is 0. The van der Waals surface area contributed by atoms with Crippen molar-refractivity contribution in [1.29, 1.82) is 0 Å². The molecule has 0 unspecified atom stereocenters. The fraction of sp³-hybridized carbons (Fsp3) is 0.176. The SMILES string of the molecule is O=C(O)c1ccccc1N/C=C1\CCCn2c1ncc(C(=O)O)c2=O. The fourth-order valence-electron chi connectivity index (χ4n) is 2.74. The van der Waals surface area contributed by atoms with E-state index < -0.39 is 17.5 Å². The van der Waals surface area contributed by atoms with Crippen LogP contribution in [0.15, 0.2) is 41.5 Å². The molecule has 0 amide bonds. The molecule has 0 aliphatic carbocycles. The molecule has 0 saturated heterocycles. The van der Waals surface area contributed by atoms with Crippen molar-refractivity contribution in [3.8, 4) is 0 Å². The third kappa shape index (κ3) is 3.14. The van der Waals surface area contributed by atoms with Crippen molar-refractivity contribution in [3.05, 3.63) is 64.0 Å². The molecule has 0 spiro atoms. The van der Waals surface area contributed by atoms with E-state index in [-0.39, 0.29) is 11.1 Å². The quantitative estimate of drug-likeness (QED) is 0.776. The van der Waals surface area contributed by atoms with Gasteiger partial charge in [-0.1, -0.05) is 12.1 Å². The molecule has 3 rings (SSSR count). The standard InChI is InChI=1S/C17H15N3O5/c21-15-12(17(24)25)9-19-14-10(4-3-7-20(14)15)8-18-13-6-2-1-5-11(13)16(22)23/h1-2,5-6,8-9,18H,3-4,7H2,(H,22,23)(H,24,25)/b10-8+. The topological polar surface area (TPSA) is 122 Å². The lowest BCUT2D eigenvalue weighted by atomic mass is 10.1. The summed E-state index contributed by atoms with van der Waals surface area (Å²) in [6.45, 7) is 0.394. The third-order valence-corrected chi connectivity index (χ3v) is 3.95. The zero-order valence-electron chi connectivity index (χ0n) is 13.1. The molecule has 2 aromatic rings. The van der Waals surface area contributed by atoms with Crippen molar-refractivity contribution < 1.29 is 19.8 Å². The number of fused-ring (bicyclic) bond motifs is 1. The number of para-hydroxylation sites is 1. The number of hydrogen-bond acceptors (Lipinski definition) is 5. The molecule has 8 nitrogen and oxygen atoms in total. The van der Waals surface area contributed by atoms with Crippen LogP contribution < -0.4 is 10.9 Å². The van der Waals surface area contributed by atoms with E-state index in [1.807, 2.05) is 0 Å². The maximum absolute atomic E-state index is 12.2. The van der Waals surface area contributed by atoms with Gasteiger partial charge in [0.25, 0.3) is 5.56 Å². The van der Waals surface area contributed by atoms with Crippen molar-refractivity contribution in [3.63, 3.8) is 0 Å². The third-order valence-electron chi connectivity index (χ3n) is 3.95. The molecule has 8 heteroatoms. The summed E-state index contributed by atoms with van der Waals surface area (Å²) >= 11 is 0. The summed E-state index contributed by atoms with van der Waals surface area (Å²) in [6, 6.07) is 6.47. The molecule has 3 N–H and O–H groups in total. The molecule has 1 aliphatic heterocycles. The Balaban J connectivity index is 1.98. The van der Waals surface area contributed by atoms with E-state index in [1.165, 1.54) is 10.6 Å². The van der Waals surface area contributed by atoms with Crippen LogP contribution in [0.2, 0.25) is 0 Å². The van der Waals surface area contributed by atoms with Gasteiger partial charge in [-0.3, -0.25) is 9.36 Å². The first-order valence-electron chi connectivity index (χ1n) is 7.60. The number of carboxylic acids is 2. The Morgan fingerprint density at radius 2 is 1.88 bits per heavy atom. The molecule has 2 heterocycles. The van der Waals surface area contributed by atoms with Gasteiger partial charge in [0, 0.05) is 24.5 Å². The van der Waals surface area contributed by atoms with Crippen LogP contribution in [0.3, 0.4) is 0 Å². The van der Waals surface area contributed by atoms with Gasteiger partial charge in [-0.25, -0.2) is 14.6 Å². The van der Waals surface area contributed by atoms with Gasteiger partial charge in [0.15, 0.2) is 0 Å². The normalized spacial score (nSPS) is 14.8. The van der Waals surface area contributed by atoms with Crippen LogP contribution >= 0.6 is 0 Å². The minimum atomic E-state index is -1.31. The lowest BCUT2D eigenvalue weighted by Gasteiger charge is -2.20. The first-order valence-corrected chi connectivity index (χ1v) is 7.60. The first kappa shape index (κ1) is 16.4. The van der Waals surface area contributed by atoms with E-state index in [4.69, 9.17) is 5.11 Å². The van der Waals surface area contributed by atoms with Crippen molar-refractivity contribution >= 4 is 23.2 Å². The van der Waals surface area contributed by atoms with E-state index in [2.05, 4.69) is 10.3 Å². The van der Waals surface area contributed by atoms with Crippen LogP contribution in [0.25, 0.3) is 5.57 Å². The average molecular weight is 341 g/mol. The first-order chi connectivity index (χ1) is 12.0. The van der Waals surface area contributed by atoms with E-state index >= 15 is 0 Å². The summed E-state index contributed by atoms with van der Waals surface area (Å²) in [5.41, 5.74) is 0.301. The van der Waals surface area contributed by atoms with Gasteiger partial charge >= 0.3 is 11.9 Å². The molecular formula is C17H15N3O5. The van der Waals surface area contributed by atoms with Crippen molar-refractivity contribution in [2.24, 2.45) is 0 Å². The summed E-state index contributed by atoms with van der Waals surface area (Å²) in [5, 5.41) is 21.2. The summed E-state index contributed by atoms with van der Waals surface area (Å²) in [6.07, 6.45) is 3.97. The van der Waals surface area contributed by atoms with E-state index in [1.54, 1.807) is 24.4 Å². The minimum absolute atomic E-state index is 0.127. The Morgan fingerprint density at radius 1 is 1.16 bits per heavy atom. The molecule has 0 fully saturated rings. The van der Waals surface area contributed by atoms with E-state index in [0.29, 0.717) is 36.5 Å². The highest BCUT2D eigenvalue weighted by Gasteiger charge is 2.21. The van der Waals surface area contributed by atoms with Gasteiger partial charge < -0.3 is 15.5 Å². The number of hydrogen-bond donors (Lipinski definition) is 3. The van der Waals surface area contributed by atoms with Gasteiger partial charge in [-0.15, -0.1) is 0 Å². The lowest BCUT2D eigenvalue weighted by Crippen LogP contribution is -2.32. The second kappa shape index (κ2) is 6.60. The number of anilines is 1. The molecule has 1 aromatic carbocycles. The molecule has 25 heavy (non-hydrogen) atoms. The molecule has 1 aliphatic rings. The Labute approximate surface area is 142 Å². The van der Waals surface area contributed by atoms with Crippen LogP contribution in [-0.2, 0) is 6.54 Å². The van der Waals surface area contributed by atoms with Crippen molar-refractivity contribution in [2.75, 3.05) is 5.32 Å². The lowest BCUT2D eigenvalue weighted by molar-refractivity contribution is 0.0684. The van der Waals surface area contributed by atoms with Crippen LogP contribution in [-0.4, -0.2) is 31.7 Å². The van der Waals surface area contributed by atoms with Crippen LogP contribution in [0, 0.1) is 0 Å². The van der Waals surface area contributed by atoms with Crippen LogP contribution in [0.1, 0.15) is 39.4 Å². The Kier molecular flexibility index (Phi) is 4.34. The number of carboxylic acid groups (broad SMARTS) is 2. The highest BCUT2D eigenvalue weighted by atomic mass is 16.4. The Hall–Kier alpha value is -3.42. The highest BCUT2D eigenvalue weighted by Crippen LogP contribution is 2.24. The molecular weight excluding hydrogens is 326 g/mol. The molecule has 0 bridgehead atoms. The second-order valence-electron chi connectivity index (χ2n) is 5.53. The van der Waals surface area contributed by atoms with Crippen molar-refractivity contribution in [1.82, 2.24) is 9.55 Å². The zero-order chi connectivity index (χ0) is 18.0. The Morgan fingerprint density at radius 3 is 2.60 bits per heavy atom. The summed E-state index contributed by atoms with van der Waals surface area (Å²) in [4.78, 5) is 38.7. The summed E-state index contributed by atoms with van der Waals surface area (Å²) < 4.78 is 1.34. The number of benzene rings is 1. The van der Waals surface area contributed by atoms with E-state index in [9.17, 15) is 19.5 Å². The van der Waals surface area contributed by atoms with Gasteiger partial charge in [-0.2, -0.15) is 0 Å². The van der Waals surface area contributed by atoms with E-state index in [0.717, 1.165) is 6.20 Å². The zero-order valence-corrected chi connectivity index (χ0v) is 13.1. The Bertz CT molecular complexity index is 946. The molecule has 128 valence electrons. The number of nitrogens with one attached hydrogen (secondary N) is 1. The molecule has 0 saturated carbocycles. The smallest absolute Gasteiger partial charge is 0.342 e. The number of nitrogens with zero attached hydrogens (tertiary/aromatic N) is 2.